The topological polar surface area (TPSA) is 212 Å². The van der Waals surface area contributed by atoms with Crippen LogP contribution < -0.4 is 88.6 Å². The molecule has 0 amide bonds. The molecule has 0 aromatic heterocycles. The second kappa shape index (κ2) is 34.8. The molecule has 0 bridgehead atoms. The Labute approximate surface area is 467 Å². The smallest absolute Gasteiger partial charge is 0.118 e. The van der Waals surface area contributed by atoms with Crippen LogP contribution in [-0.4, -0.2) is 32.8 Å². The molecule has 0 atom stereocenters. The Morgan fingerprint density at radius 1 is 0.375 bits per heavy atom. The molecule has 0 spiro atoms. The first-order chi connectivity index (χ1) is 33.2. The van der Waals surface area contributed by atoms with Crippen molar-refractivity contribution < 1.29 is 117 Å². The monoisotopic (exact) mass is 1460 g/mol. The number of thioether (sulfide) groups is 1. The molecule has 8 rings (SSSR count). The van der Waals surface area contributed by atoms with Crippen LogP contribution in [0.2, 0.25) is 0 Å². The molecule has 7 aromatic rings. The van der Waals surface area contributed by atoms with Gasteiger partial charge in [-0.15, -0.1) is 20.5 Å². The minimum Gasteiger partial charge on any atom is -0.497 e. The van der Waals surface area contributed by atoms with Crippen LogP contribution in [0.4, 0.5) is 0 Å². The molecule has 72 heavy (non-hydrogen) atoms. The average Bonchev–Trinajstić information content (AvgIpc) is 3.96. The van der Waals surface area contributed by atoms with Crippen molar-refractivity contribution in [2.75, 3.05) is 32.8 Å². The van der Waals surface area contributed by atoms with Crippen molar-refractivity contribution in [1.82, 2.24) is 0 Å². The van der Waals surface area contributed by atoms with Crippen LogP contribution in [0.5, 0.6) is 17.2 Å². The predicted molar refractivity (Wildman–Crippen MR) is 271 cm³/mol. The van der Waals surface area contributed by atoms with Crippen molar-refractivity contribution >= 4 is 71.3 Å². The van der Waals surface area contributed by atoms with Gasteiger partial charge in [0.1, 0.15) is 17.2 Å². The Morgan fingerprint density at radius 3 is 0.722 bits per heavy atom. The number of hydrogen-bond acceptors (Lipinski definition) is 12. The van der Waals surface area contributed by atoms with Crippen molar-refractivity contribution in [3.63, 3.8) is 0 Å². The third-order valence-corrected chi connectivity index (χ3v) is 18.6. The average molecular weight is 1460 g/mol. The first kappa shape index (κ1) is 67.3. The third kappa shape index (κ3) is 26.2. The van der Waals surface area contributed by atoms with E-state index in [9.17, 15) is 0 Å². The van der Waals surface area contributed by atoms with E-state index in [4.69, 9.17) is 51.5 Å². The van der Waals surface area contributed by atoms with Crippen LogP contribution in [0.25, 0.3) is 0 Å². The van der Waals surface area contributed by atoms with E-state index in [1.165, 1.54) is 61.5 Å². The maximum Gasteiger partial charge on any atom is 0.118 e. The van der Waals surface area contributed by atoms with Gasteiger partial charge in [-0.25, -0.2) is 37.3 Å². The van der Waals surface area contributed by atoms with Crippen molar-refractivity contribution in [3.05, 3.63) is 221 Å². The maximum absolute atomic E-state index is 8.49. The van der Waals surface area contributed by atoms with E-state index in [1.54, 1.807) is 21.3 Å². The van der Waals surface area contributed by atoms with E-state index in [1.807, 2.05) is 109 Å². The van der Waals surface area contributed by atoms with Crippen molar-refractivity contribution in [1.29, 1.82) is 0 Å². The van der Waals surface area contributed by atoms with E-state index >= 15 is 0 Å². The Kier molecular flexibility index (Phi) is 32.5. The van der Waals surface area contributed by atoms with Crippen molar-refractivity contribution in [2.24, 2.45) is 0 Å². The van der Waals surface area contributed by atoms with Crippen LogP contribution in [0.1, 0.15) is 12.8 Å². The summed E-state index contributed by atoms with van der Waals surface area (Å²) in [5.41, 5.74) is 0. The fraction of sp³-hybridized carbons (Fsp3) is 0.132. The quantitative estimate of drug-likeness (QED) is 0.109. The van der Waals surface area contributed by atoms with Crippen LogP contribution in [0.3, 0.4) is 0 Å². The number of hydrogen-bond donors (Lipinski definition) is 0. The molecule has 11 nitrogen and oxygen atoms in total. The summed E-state index contributed by atoms with van der Waals surface area (Å²) < 4.78 is 83.8. The predicted octanol–water partition coefficient (Wildman–Crippen LogP) is 1.94. The van der Waals surface area contributed by atoms with Crippen LogP contribution >= 0.6 is 34.2 Å². The van der Waals surface area contributed by atoms with Gasteiger partial charge in [0.2, 0.25) is 0 Å². The number of ether oxygens (including phenoxy) is 3. The van der Waals surface area contributed by atoms with Crippen LogP contribution in [0, 0.1) is 47.1 Å². The van der Waals surface area contributed by atoms with Crippen molar-refractivity contribution in [2.45, 2.75) is 12.8 Å². The zero-order chi connectivity index (χ0) is 51.6. The van der Waals surface area contributed by atoms with Gasteiger partial charge in [0.25, 0.3) is 0 Å². The molecule has 1 heterocycles. The summed E-state index contributed by atoms with van der Waals surface area (Å²) in [5, 5.41) is 8.79. The second-order valence-corrected chi connectivity index (χ2v) is 25.7. The maximum atomic E-state index is 8.49. The summed E-state index contributed by atoms with van der Waals surface area (Å²) in [6.07, 6.45) is 2.93. The van der Waals surface area contributed by atoms with Gasteiger partial charge in [0.05, 0.1) is 21.3 Å². The van der Waals surface area contributed by atoms with Crippen molar-refractivity contribution in [3.8, 4) is 17.2 Å². The Balaban J connectivity index is 0.000000479. The molecule has 2 radical (unpaired) electrons. The Hall–Kier alpha value is -2.68. The van der Waals surface area contributed by atoms with Gasteiger partial charge in [0, 0.05) is 66.0 Å². The molecule has 0 aliphatic carbocycles. The van der Waals surface area contributed by atoms with E-state index in [0.717, 1.165) is 17.2 Å². The zero-order valence-corrected chi connectivity index (χ0v) is 49.1. The van der Waals surface area contributed by atoms with Gasteiger partial charge in [-0.2, -0.15) is 52.9 Å². The molecule has 0 unspecified atom stereocenters. The van der Waals surface area contributed by atoms with Gasteiger partial charge in [-0.1, -0.05) is 109 Å². The number of rotatable bonds is 10. The zero-order valence-electron chi connectivity index (χ0n) is 39.7. The molecule has 396 valence electrons. The van der Waals surface area contributed by atoms with E-state index in [-0.39, 0.29) is 44.8 Å². The third-order valence-electron chi connectivity index (χ3n) is 9.82. The summed E-state index contributed by atoms with van der Waals surface area (Å²) in [4.78, 5) is 0. The molecule has 0 N–H and O–H groups in total. The van der Waals surface area contributed by atoms with E-state index in [0.29, 0.717) is 0 Å². The van der Waals surface area contributed by atoms with Gasteiger partial charge in [-0.05, 0) is 133 Å². The standard InChI is InChI=1S/C21H21O3P.2C14H14P.C4H8S.2Au.2ClHO4/c1-22-16-4-10-19(11-5-16)25(20-12-6-17(23-2)7-13-20)21-14-8-18(24-3)9-15-21;2*1-15(2,13-9-5-3-6-10-13)14-11-7-4-8-12-14;1-2-4-5-3-1;;;2*2-1(3,4)5/h4-15H,1-3H3;2*3-12H,1-2H2;1-4H2;;;2*(H,2,3,4,5)/q;2*-1;;;;;/p-2. The molecule has 1 fully saturated rings. The van der Waals surface area contributed by atoms with Gasteiger partial charge >= 0.3 is 0 Å². The molecular formula is C53H57Au2Cl2O11P3S-4. The van der Waals surface area contributed by atoms with Crippen LogP contribution in [0.15, 0.2) is 194 Å². The van der Waals surface area contributed by atoms with Crippen LogP contribution in [-0.2, 0) is 44.8 Å². The summed E-state index contributed by atoms with van der Waals surface area (Å²) in [6.45, 7) is 17.2. The normalized spacial score (nSPS) is 11.7. The fourth-order valence-corrected chi connectivity index (χ4v) is 13.1. The molecular weight excluding hydrogens is 1400 g/mol. The Bertz CT molecular complexity index is 2150. The number of halogens is 2. The number of methoxy groups -OCH3 is 3. The molecule has 7 aromatic carbocycles. The molecule has 19 heteroatoms. The molecule has 0 saturated carbocycles. The summed E-state index contributed by atoms with van der Waals surface area (Å²) in [5.74, 6) is 5.43. The summed E-state index contributed by atoms with van der Waals surface area (Å²) in [7, 11) is -8.79. The largest absolute Gasteiger partial charge is 0.497 e. The SMILES string of the molecule is C1CCSC1.COc1ccc(P(c2ccc(OC)cc2)c2ccc(OC)cc2)cc1.[Au].[Au].[CH2-][P+]([CH2-])(c1ccccc1)c1ccccc1.[CH2-][P+]([CH2-])(c1ccccc1)c1ccccc1.[O-][Cl+3]([O-])([O-])[O-].[O-][Cl+3]([O-])([O-])[O-]. The first-order valence-corrected chi connectivity index (χ1v) is 30.4. The molecule has 1 aliphatic heterocycles. The second-order valence-electron chi connectivity index (χ2n) is 14.8. The minimum atomic E-state index is -4.94. The Morgan fingerprint density at radius 2 is 0.569 bits per heavy atom. The first-order valence-electron chi connectivity index (χ1n) is 21.1. The van der Waals surface area contributed by atoms with Gasteiger partial charge in [-0.3, -0.25) is 0 Å². The number of benzene rings is 7. The summed E-state index contributed by atoms with van der Waals surface area (Å²) >= 11 is 2.07. The van der Waals surface area contributed by atoms with Gasteiger partial charge < -0.3 is 14.2 Å². The van der Waals surface area contributed by atoms with E-state index in [2.05, 4.69) is 123 Å². The molecule has 1 aliphatic rings. The fourth-order valence-electron chi connectivity index (χ4n) is 6.30. The van der Waals surface area contributed by atoms with Gasteiger partial charge in [0.15, 0.2) is 0 Å². The minimum absolute atomic E-state index is 0. The molecule has 1 saturated heterocycles. The van der Waals surface area contributed by atoms with E-state index < -0.39 is 42.9 Å². The summed E-state index contributed by atoms with van der Waals surface area (Å²) in [6, 6.07) is 66.2.